The number of nitrogens with one attached hydrogen (secondary N) is 1. The first-order valence-electron chi connectivity index (χ1n) is 6.53. The first-order valence-corrected chi connectivity index (χ1v) is 6.93. The van der Waals surface area contributed by atoms with Crippen LogP contribution in [0.4, 0.5) is 0 Å². The van der Waals surface area contributed by atoms with E-state index in [1.54, 1.807) is 6.20 Å². The molecule has 0 aromatic carbocycles. The van der Waals surface area contributed by atoms with Gasteiger partial charge in [-0.25, -0.2) is 0 Å². The Balaban J connectivity index is 1.80. The highest BCUT2D eigenvalue weighted by Crippen LogP contribution is 2.19. The zero-order chi connectivity index (χ0) is 13.1. The Hall–Kier alpha value is -1.53. The predicted octanol–water partition coefficient (Wildman–Crippen LogP) is 2.57. The van der Waals surface area contributed by atoms with Gasteiger partial charge in [0.15, 0.2) is 10.6 Å². The van der Waals surface area contributed by atoms with Crippen molar-refractivity contribution >= 4 is 12.2 Å². The largest absolute Gasteiger partial charge is 0.378 e. The van der Waals surface area contributed by atoms with Crippen LogP contribution in [0.3, 0.4) is 0 Å². The molecule has 1 fully saturated rings. The molecule has 0 spiro atoms. The summed E-state index contributed by atoms with van der Waals surface area (Å²) < 4.78 is 8.28. The van der Waals surface area contributed by atoms with Crippen LogP contribution in [-0.4, -0.2) is 32.5 Å². The summed E-state index contributed by atoms with van der Waals surface area (Å²) in [6.45, 7) is 1.69. The van der Waals surface area contributed by atoms with Crippen LogP contribution in [0, 0.1) is 4.77 Å². The molecule has 5 nitrogen and oxygen atoms in total. The number of aromatic amines is 1. The highest BCUT2D eigenvalue weighted by Gasteiger charge is 2.17. The lowest BCUT2D eigenvalue weighted by molar-refractivity contribution is 0.100. The number of pyridine rings is 1. The maximum atomic E-state index is 5.64. The summed E-state index contributed by atoms with van der Waals surface area (Å²) in [5.41, 5.74) is 0.835. The normalized spacial score (nSPS) is 18.8. The zero-order valence-electron chi connectivity index (χ0n) is 10.6. The SMILES string of the molecule is S=c1[nH]nc(-c2ccccn2)n1CCC1CCCO1. The van der Waals surface area contributed by atoms with Gasteiger partial charge in [-0.2, -0.15) is 5.10 Å². The molecule has 1 N–H and O–H groups in total. The molecule has 0 saturated carbocycles. The first-order chi connectivity index (χ1) is 9.34. The molecule has 1 aliphatic rings. The zero-order valence-corrected chi connectivity index (χ0v) is 11.4. The highest BCUT2D eigenvalue weighted by atomic mass is 32.1. The highest BCUT2D eigenvalue weighted by molar-refractivity contribution is 7.71. The monoisotopic (exact) mass is 276 g/mol. The number of nitrogens with zero attached hydrogens (tertiary/aromatic N) is 3. The van der Waals surface area contributed by atoms with E-state index in [0.29, 0.717) is 10.9 Å². The molecule has 0 amide bonds. The van der Waals surface area contributed by atoms with Crippen molar-refractivity contribution in [1.29, 1.82) is 0 Å². The molecular formula is C13H16N4OS. The van der Waals surface area contributed by atoms with E-state index in [-0.39, 0.29) is 0 Å². The van der Waals surface area contributed by atoms with Gasteiger partial charge < -0.3 is 4.74 Å². The standard InChI is InChI=1S/C13H16N4OS/c19-13-16-15-12(11-5-1-2-7-14-11)17(13)8-6-10-4-3-9-18-10/h1-2,5,7,10H,3-4,6,8-9H2,(H,16,19). The Morgan fingerprint density at radius 2 is 2.42 bits per heavy atom. The van der Waals surface area contributed by atoms with E-state index >= 15 is 0 Å². The fourth-order valence-electron chi connectivity index (χ4n) is 2.36. The van der Waals surface area contributed by atoms with E-state index < -0.39 is 0 Å². The summed E-state index contributed by atoms with van der Waals surface area (Å²) in [5.74, 6) is 0.795. The maximum Gasteiger partial charge on any atom is 0.195 e. The second-order valence-corrected chi connectivity index (χ2v) is 5.03. The smallest absolute Gasteiger partial charge is 0.195 e. The number of ether oxygens (including phenoxy) is 1. The van der Waals surface area contributed by atoms with Crippen LogP contribution in [0.25, 0.3) is 11.5 Å². The van der Waals surface area contributed by atoms with Gasteiger partial charge in [0.2, 0.25) is 0 Å². The lowest BCUT2D eigenvalue weighted by atomic mass is 10.2. The van der Waals surface area contributed by atoms with Crippen molar-refractivity contribution in [1.82, 2.24) is 19.7 Å². The van der Waals surface area contributed by atoms with E-state index in [0.717, 1.165) is 43.9 Å². The Kier molecular flexibility index (Phi) is 3.70. The molecule has 6 heteroatoms. The predicted molar refractivity (Wildman–Crippen MR) is 74.2 cm³/mol. The molecular weight excluding hydrogens is 260 g/mol. The van der Waals surface area contributed by atoms with E-state index in [9.17, 15) is 0 Å². The molecule has 100 valence electrons. The molecule has 0 radical (unpaired) electrons. The summed E-state index contributed by atoms with van der Waals surface area (Å²) >= 11 is 5.29. The molecule has 2 aromatic heterocycles. The second-order valence-electron chi connectivity index (χ2n) is 4.64. The molecule has 2 aromatic rings. The van der Waals surface area contributed by atoms with Crippen LogP contribution in [0.5, 0.6) is 0 Å². The summed E-state index contributed by atoms with van der Waals surface area (Å²) in [6.07, 6.45) is 5.39. The van der Waals surface area contributed by atoms with Crippen LogP contribution < -0.4 is 0 Å². The number of hydrogen-bond acceptors (Lipinski definition) is 4. The Morgan fingerprint density at radius 3 is 3.16 bits per heavy atom. The average molecular weight is 276 g/mol. The van der Waals surface area contributed by atoms with Crippen molar-refractivity contribution in [2.75, 3.05) is 6.61 Å². The van der Waals surface area contributed by atoms with Gasteiger partial charge in [-0.1, -0.05) is 6.07 Å². The summed E-state index contributed by atoms with van der Waals surface area (Å²) in [4.78, 5) is 4.32. The third kappa shape index (κ3) is 2.74. The van der Waals surface area contributed by atoms with Gasteiger partial charge in [-0.15, -0.1) is 0 Å². The quantitative estimate of drug-likeness (QED) is 0.872. The minimum atomic E-state index is 0.355. The molecule has 1 atom stereocenters. The summed E-state index contributed by atoms with van der Waals surface area (Å²) in [6, 6.07) is 5.78. The fraction of sp³-hybridized carbons (Fsp3) is 0.462. The summed E-state index contributed by atoms with van der Waals surface area (Å²) in [5, 5.41) is 7.12. The topological polar surface area (TPSA) is 55.7 Å². The maximum absolute atomic E-state index is 5.64. The van der Waals surface area contributed by atoms with E-state index in [2.05, 4.69) is 15.2 Å². The van der Waals surface area contributed by atoms with Gasteiger partial charge in [0.25, 0.3) is 0 Å². The van der Waals surface area contributed by atoms with Gasteiger partial charge in [0.05, 0.1) is 6.10 Å². The van der Waals surface area contributed by atoms with Gasteiger partial charge in [-0.3, -0.25) is 14.6 Å². The third-order valence-corrected chi connectivity index (χ3v) is 3.66. The van der Waals surface area contributed by atoms with Crippen LogP contribution >= 0.6 is 12.2 Å². The van der Waals surface area contributed by atoms with Crippen LogP contribution in [0.2, 0.25) is 0 Å². The number of H-pyrrole nitrogens is 1. The van der Waals surface area contributed by atoms with E-state index in [1.165, 1.54) is 0 Å². The van der Waals surface area contributed by atoms with Crippen molar-refractivity contribution in [2.24, 2.45) is 0 Å². The molecule has 0 bridgehead atoms. The van der Waals surface area contributed by atoms with Gasteiger partial charge in [-0.05, 0) is 43.6 Å². The van der Waals surface area contributed by atoms with E-state index in [4.69, 9.17) is 17.0 Å². The lowest BCUT2D eigenvalue weighted by Crippen LogP contribution is -2.11. The third-order valence-electron chi connectivity index (χ3n) is 3.35. The van der Waals surface area contributed by atoms with Crippen LogP contribution in [-0.2, 0) is 11.3 Å². The van der Waals surface area contributed by atoms with Crippen molar-refractivity contribution in [3.63, 3.8) is 0 Å². The van der Waals surface area contributed by atoms with Crippen LogP contribution in [0.1, 0.15) is 19.3 Å². The number of hydrogen-bond donors (Lipinski definition) is 1. The van der Waals surface area contributed by atoms with E-state index in [1.807, 2.05) is 22.8 Å². The van der Waals surface area contributed by atoms with Crippen molar-refractivity contribution in [2.45, 2.75) is 31.9 Å². The van der Waals surface area contributed by atoms with Crippen molar-refractivity contribution < 1.29 is 4.74 Å². The Morgan fingerprint density at radius 1 is 1.47 bits per heavy atom. The molecule has 3 rings (SSSR count). The second kappa shape index (κ2) is 5.63. The van der Waals surface area contributed by atoms with Gasteiger partial charge >= 0.3 is 0 Å². The molecule has 1 saturated heterocycles. The minimum Gasteiger partial charge on any atom is -0.378 e. The first kappa shape index (κ1) is 12.5. The number of aromatic nitrogens is 4. The lowest BCUT2D eigenvalue weighted by Gasteiger charge is -2.10. The van der Waals surface area contributed by atoms with Gasteiger partial charge in [0.1, 0.15) is 5.69 Å². The van der Waals surface area contributed by atoms with Crippen molar-refractivity contribution in [3.8, 4) is 11.5 Å². The average Bonchev–Trinajstić information content (AvgIpc) is 3.07. The molecule has 0 aliphatic carbocycles. The summed E-state index contributed by atoms with van der Waals surface area (Å²) in [7, 11) is 0. The molecule has 3 heterocycles. The molecule has 1 aliphatic heterocycles. The Bertz CT molecular complexity index is 586. The fourth-order valence-corrected chi connectivity index (χ4v) is 2.58. The molecule has 19 heavy (non-hydrogen) atoms. The van der Waals surface area contributed by atoms with Crippen LogP contribution in [0.15, 0.2) is 24.4 Å². The van der Waals surface area contributed by atoms with Gasteiger partial charge in [0, 0.05) is 19.3 Å². The molecule has 1 unspecified atom stereocenters. The van der Waals surface area contributed by atoms with Crippen molar-refractivity contribution in [3.05, 3.63) is 29.2 Å². The Labute approximate surface area is 116 Å². The number of rotatable bonds is 4. The minimum absolute atomic E-state index is 0.355.